The van der Waals surface area contributed by atoms with E-state index in [0.29, 0.717) is 12.2 Å². The summed E-state index contributed by atoms with van der Waals surface area (Å²) >= 11 is 6.12. The van der Waals surface area contributed by atoms with Crippen molar-refractivity contribution in [2.45, 2.75) is 19.4 Å². The molecule has 7 heteroatoms. The molecule has 120 valence electrons. The third-order valence-corrected chi connectivity index (χ3v) is 3.46. The number of rotatable bonds is 9. The van der Waals surface area contributed by atoms with Gasteiger partial charge in [0.15, 0.2) is 0 Å². The van der Waals surface area contributed by atoms with Crippen molar-refractivity contribution in [3.05, 3.63) is 21.6 Å². The zero-order chi connectivity index (χ0) is 15.8. The van der Waals surface area contributed by atoms with Crippen LogP contribution in [0.25, 0.3) is 0 Å². The maximum Gasteiger partial charge on any atom is 0.287 e. The Morgan fingerprint density at radius 1 is 1.19 bits per heavy atom. The van der Waals surface area contributed by atoms with Gasteiger partial charge in [0.1, 0.15) is 5.02 Å². The Kier molecular flexibility index (Phi) is 7.71. The van der Waals surface area contributed by atoms with Gasteiger partial charge in [0.2, 0.25) is 0 Å². The Hall–Kier alpha value is -1.11. The zero-order valence-electron chi connectivity index (χ0n) is 13.4. The fourth-order valence-electron chi connectivity index (χ4n) is 1.82. The molecule has 21 heavy (non-hydrogen) atoms. The van der Waals surface area contributed by atoms with Crippen molar-refractivity contribution in [3.8, 4) is 0 Å². The summed E-state index contributed by atoms with van der Waals surface area (Å²) in [4.78, 5) is 16.2. The highest BCUT2D eigenvalue weighted by molar-refractivity contribution is 6.32. The summed E-state index contributed by atoms with van der Waals surface area (Å²) in [5.74, 6) is 0. The van der Waals surface area contributed by atoms with E-state index in [1.54, 1.807) is 6.20 Å². The van der Waals surface area contributed by atoms with Crippen LogP contribution in [-0.4, -0.2) is 67.4 Å². The first-order valence-corrected chi connectivity index (χ1v) is 7.58. The molecule has 0 aliphatic carbocycles. The van der Waals surface area contributed by atoms with Crippen LogP contribution in [0.2, 0.25) is 5.02 Å². The largest absolute Gasteiger partial charge is 0.382 e. The molecule has 0 unspecified atom stereocenters. The van der Waals surface area contributed by atoms with Crippen LogP contribution in [0.5, 0.6) is 0 Å². The van der Waals surface area contributed by atoms with Gasteiger partial charge >= 0.3 is 0 Å². The van der Waals surface area contributed by atoms with Crippen molar-refractivity contribution in [1.82, 2.24) is 19.6 Å². The molecule has 1 N–H and O–H groups in total. The van der Waals surface area contributed by atoms with Gasteiger partial charge in [0.25, 0.3) is 5.56 Å². The van der Waals surface area contributed by atoms with Crippen LogP contribution < -0.4 is 10.9 Å². The quantitative estimate of drug-likeness (QED) is 0.694. The van der Waals surface area contributed by atoms with E-state index >= 15 is 0 Å². The first kappa shape index (κ1) is 17.9. The molecule has 0 saturated carbocycles. The molecule has 6 nitrogen and oxygen atoms in total. The molecule has 0 radical (unpaired) electrons. The highest BCUT2D eigenvalue weighted by Crippen LogP contribution is 2.15. The molecule has 0 fully saturated rings. The average Bonchev–Trinajstić information content (AvgIpc) is 2.41. The summed E-state index contributed by atoms with van der Waals surface area (Å²) in [6.07, 6.45) is 3.76. The lowest BCUT2D eigenvalue weighted by molar-refractivity contribution is 0.367. The fraction of sp³-hybridized carbons (Fsp3) is 0.714. The Morgan fingerprint density at radius 2 is 1.86 bits per heavy atom. The molecule has 0 bridgehead atoms. The van der Waals surface area contributed by atoms with E-state index in [2.05, 4.69) is 29.4 Å². The van der Waals surface area contributed by atoms with Crippen molar-refractivity contribution in [3.63, 3.8) is 0 Å². The van der Waals surface area contributed by atoms with Gasteiger partial charge in [-0.25, -0.2) is 4.68 Å². The lowest BCUT2D eigenvalue weighted by Gasteiger charge is -2.13. The maximum absolute atomic E-state index is 12.1. The summed E-state index contributed by atoms with van der Waals surface area (Å²) in [5, 5.41) is 7.56. The van der Waals surface area contributed by atoms with Crippen LogP contribution in [0, 0.1) is 0 Å². The smallest absolute Gasteiger partial charge is 0.287 e. The normalized spacial score (nSPS) is 11.4. The predicted octanol–water partition coefficient (Wildman–Crippen LogP) is 1.21. The average molecular weight is 316 g/mol. The second-order valence-corrected chi connectivity index (χ2v) is 6.02. The van der Waals surface area contributed by atoms with Crippen molar-refractivity contribution in [2.75, 3.05) is 53.1 Å². The van der Waals surface area contributed by atoms with Crippen LogP contribution in [-0.2, 0) is 6.54 Å². The molecule has 0 aromatic carbocycles. The highest BCUT2D eigenvalue weighted by Gasteiger charge is 2.08. The number of hydrogen-bond donors (Lipinski definition) is 1. The Morgan fingerprint density at radius 3 is 2.48 bits per heavy atom. The number of halogens is 1. The number of hydrogen-bond acceptors (Lipinski definition) is 5. The summed E-state index contributed by atoms with van der Waals surface area (Å²) in [5.41, 5.74) is 0.379. The van der Waals surface area contributed by atoms with Crippen LogP contribution in [0.15, 0.2) is 11.0 Å². The molecule has 0 atom stereocenters. The van der Waals surface area contributed by atoms with E-state index in [1.165, 1.54) is 4.68 Å². The van der Waals surface area contributed by atoms with Gasteiger partial charge in [-0.3, -0.25) is 4.79 Å². The van der Waals surface area contributed by atoms with Gasteiger partial charge in [-0.05, 0) is 47.6 Å². The van der Waals surface area contributed by atoms with E-state index in [4.69, 9.17) is 11.6 Å². The van der Waals surface area contributed by atoms with Crippen LogP contribution in [0.3, 0.4) is 0 Å². The summed E-state index contributed by atoms with van der Waals surface area (Å²) < 4.78 is 1.40. The molecule has 1 aromatic rings. The van der Waals surface area contributed by atoms with Gasteiger partial charge < -0.3 is 15.1 Å². The van der Waals surface area contributed by atoms with Crippen LogP contribution in [0.1, 0.15) is 12.8 Å². The monoisotopic (exact) mass is 315 g/mol. The van der Waals surface area contributed by atoms with Crippen LogP contribution in [0.4, 0.5) is 5.69 Å². The lowest BCUT2D eigenvalue weighted by Crippen LogP contribution is -2.29. The molecule has 1 heterocycles. The molecule has 1 rings (SSSR count). The van der Waals surface area contributed by atoms with Crippen LogP contribution >= 0.6 is 11.6 Å². The summed E-state index contributed by atoms with van der Waals surface area (Å²) in [6.45, 7) is 3.13. The third kappa shape index (κ3) is 6.46. The number of unbranched alkanes of at least 4 members (excludes halogenated alkanes) is 1. The van der Waals surface area contributed by atoms with E-state index in [1.807, 2.05) is 19.0 Å². The fourth-order valence-corrected chi connectivity index (χ4v) is 2.03. The van der Waals surface area contributed by atoms with Gasteiger partial charge in [-0.1, -0.05) is 11.6 Å². The van der Waals surface area contributed by atoms with E-state index in [-0.39, 0.29) is 10.6 Å². The van der Waals surface area contributed by atoms with Crippen molar-refractivity contribution in [2.24, 2.45) is 0 Å². The molecule has 0 aliphatic rings. The first-order valence-electron chi connectivity index (χ1n) is 7.20. The minimum absolute atomic E-state index is 0.219. The molecular formula is C14H26ClN5O. The number of nitrogens with one attached hydrogen (secondary N) is 1. The SMILES string of the molecule is CN(C)CCCCNc1cnn(CCN(C)C)c(=O)c1Cl. The Bertz CT molecular complexity index is 487. The minimum atomic E-state index is -0.239. The third-order valence-electron chi connectivity index (χ3n) is 3.09. The minimum Gasteiger partial charge on any atom is -0.382 e. The van der Waals surface area contributed by atoms with Gasteiger partial charge in [0.05, 0.1) is 18.4 Å². The number of anilines is 1. The van der Waals surface area contributed by atoms with Crippen molar-refractivity contribution in [1.29, 1.82) is 0 Å². The number of nitrogens with zero attached hydrogens (tertiary/aromatic N) is 4. The van der Waals surface area contributed by atoms with E-state index in [9.17, 15) is 4.79 Å². The molecule has 0 aliphatic heterocycles. The van der Waals surface area contributed by atoms with Gasteiger partial charge in [0, 0.05) is 13.1 Å². The molecule has 1 aromatic heterocycles. The Labute approximate surface area is 131 Å². The molecule has 0 amide bonds. The maximum atomic E-state index is 12.1. The van der Waals surface area contributed by atoms with Gasteiger partial charge in [-0.2, -0.15) is 5.10 Å². The molecular weight excluding hydrogens is 290 g/mol. The lowest BCUT2D eigenvalue weighted by atomic mass is 10.3. The van der Waals surface area contributed by atoms with E-state index in [0.717, 1.165) is 32.5 Å². The second-order valence-electron chi connectivity index (χ2n) is 5.64. The standard InChI is InChI=1S/C14H26ClN5O/c1-18(2)8-6-5-7-16-12-11-17-20(10-9-19(3)4)14(21)13(12)15/h11,16H,5-10H2,1-4H3. The zero-order valence-corrected chi connectivity index (χ0v) is 14.2. The highest BCUT2D eigenvalue weighted by atomic mass is 35.5. The Balaban J connectivity index is 2.53. The van der Waals surface area contributed by atoms with E-state index < -0.39 is 0 Å². The van der Waals surface area contributed by atoms with Gasteiger partial charge in [-0.15, -0.1) is 0 Å². The summed E-state index contributed by atoms with van der Waals surface area (Å²) in [6, 6.07) is 0. The molecule has 0 spiro atoms. The summed E-state index contributed by atoms with van der Waals surface area (Å²) in [7, 11) is 8.02. The number of likely N-dealkylation sites (N-methyl/N-ethyl adjacent to an activating group) is 1. The topological polar surface area (TPSA) is 53.4 Å². The predicted molar refractivity (Wildman–Crippen MR) is 88.3 cm³/mol. The first-order chi connectivity index (χ1) is 9.91. The molecule has 0 saturated heterocycles. The van der Waals surface area contributed by atoms with Crippen molar-refractivity contribution < 1.29 is 0 Å². The second kappa shape index (κ2) is 9.02. The number of aromatic nitrogens is 2. The van der Waals surface area contributed by atoms with Crippen molar-refractivity contribution >= 4 is 17.3 Å².